The van der Waals surface area contributed by atoms with E-state index in [1.807, 2.05) is 12.4 Å². The first-order valence-corrected chi connectivity index (χ1v) is 7.37. The number of imidazole rings is 1. The highest BCUT2D eigenvalue weighted by molar-refractivity contribution is 5.74. The minimum Gasteiger partial charge on any atom is -0.329 e. The van der Waals surface area contributed by atoms with Gasteiger partial charge in [0.05, 0.1) is 17.4 Å². The molecule has 0 unspecified atom stereocenters. The molecule has 20 heavy (non-hydrogen) atoms. The minimum absolute atomic E-state index is 0.161. The third-order valence-corrected chi connectivity index (χ3v) is 3.71. The number of hydrogen-bond acceptors (Lipinski definition) is 2. The first kappa shape index (κ1) is 15.0. The molecule has 0 fully saturated rings. The topological polar surface area (TPSA) is 21.1 Å². The Labute approximate surface area is 122 Å². The molecule has 0 aliphatic heterocycles. The molecule has 0 aliphatic rings. The number of benzene rings is 1. The van der Waals surface area contributed by atoms with Gasteiger partial charge in [-0.05, 0) is 53.7 Å². The number of para-hydroxylation sites is 2. The predicted octanol–water partition coefficient (Wildman–Crippen LogP) is 3.94. The normalized spacial score (nSPS) is 13.3. The van der Waals surface area contributed by atoms with E-state index in [4.69, 9.17) is 0 Å². The lowest BCUT2D eigenvalue weighted by atomic mass is 9.96. The highest BCUT2D eigenvalue weighted by atomic mass is 15.3. The zero-order chi connectivity index (χ0) is 15.0. The van der Waals surface area contributed by atoms with Gasteiger partial charge in [0.1, 0.15) is 0 Å². The van der Waals surface area contributed by atoms with Crippen LogP contribution >= 0.6 is 0 Å². The zero-order valence-corrected chi connectivity index (χ0v) is 13.6. The van der Waals surface area contributed by atoms with Crippen LogP contribution in [0.2, 0.25) is 0 Å². The lowest BCUT2D eigenvalue weighted by Crippen LogP contribution is -2.53. The summed E-state index contributed by atoms with van der Waals surface area (Å²) in [5, 5.41) is 0. The molecule has 0 saturated heterocycles. The van der Waals surface area contributed by atoms with Crippen LogP contribution in [0.4, 0.5) is 0 Å². The van der Waals surface area contributed by atoms with E-state index in [1.54, 1.807) is 0 Å². The maximum atomic E-state index is 4.47. The van der Waals surface area contributed by atoms with Gasteiger partial charge < -0.3 is 4.57 Å². The summed E-state index contributed by atoms with van der Waals surface area (Å²) < 4.78 is 2.25. The van der Waals surface area contributed by atoms with Crippen LogP contribution < -0.4 is 0 Å². The third-order valence-electron chi connectivity index (χ3n) is 3.71. The van der Waals surface area contributed by atoms with E-state index >= 15 is 0 Å². The van der Waals surface area contributed by atoms with Crippen LogP contribution in [0.3, 0.4) is 0 Å². The maximum absolute atomic E-state index is 4.47. The minimum atomic E-state index is 0.161. The Kier molecular flexibility index (Phi) is 3.92. The molecule has 0 aliphatic carbocycles. The molecule has 0 atom stereocenters. The molecule has 1 aromatic heterocycles. The van der Waals surface area contributed by atoms with Crippen molar-refractivity contribution in [3.05, 3.63) is 30.6 Å². The van der Waals surface area contributed by atoms with Gasteiger partial charge in [-0.25, -0.2) is 4.98 Å². The molecule has 3 nitrogen and oxygen atoms in total. The summed E-state index contributed by atoms with van der Waals surface area (Å²) >= 11 is 0. The molecule has 3 heteroatoms. The summed E-state index contributed by atoms with van der Waals surface area (Å²) in [6, 6.07) is 8.32. The van der Waals surface area contributed by atoms with Crippen molar-refractivity contribution in [2.24, 2.45) is 0 Å². The van der Waals surface area contributed by atoms with E-state index in [-0.39, 0.29) is 11.1 Å². The number of nitrogens with zero attached hydrogens (tertiary/aromatic N) is 3. The van der Waals surface area contributed by atoms with Crippen molar-refractivity contribution in [3.8, 4) is 0 Å². The monoisotopic (exact) mass is 273 g/mol. The smallest absolute Gasteiger partial charge is 0.0958 e. The Morgan fingerprint density at radius 3 is 2.20 bits per heavy atom. The Morgan fingerprint density at radius 2 is 1.60 bits per heavy atom. The molecular formula is C17H27N3. The Morgan fingerprint density at radius 1 is 1.00 bits per heavy atom. The van der Waals surface area contributed by atoms with Gasteiger partial charge in [0.2, 0.25) is 0 Å². The highest BCUT2D eigenvalue weighted by Gasteiger charge is 2.30. The molecule has 110 valence electrons. The van der Waals surface area contributed by atoms with Gasteiger partial charge in [-0.3, -0.25) is 4.90 Å². The quantitative estimate of drug-likeness (QED) is 0.844. The Balaban J connectivity index is 2.18. The van der Waals surface area contributed by atoms with Crippen molar-refractivity contribution >= 4 is 11.0 Å². The summed E-state index contributed by atoms with van der Waals surface area (Å²) in [4.78, 5) is 7.02. The zero-order valence-electron chi connectivity index (χ0n) is 13.6. The molecule has 0 saturated carbocycles. The Bertz CT molecular complexity index is 556. The number of rotatable bonds is 3. The van der Waals surface area contributed by atoms with Gasteiger partial charge in [0, 0.05) is 24.2 Å². The molecule has 1 aromatic carbocycles. The second-order valence-corrected chi connectivity index (χ2v) is 7.42. The van der Waals surface area contributed by atoms with Crippen LogP contribution in [0.25, 0.3) is 11.0 Å². The fourth-order valence-corrected chi connectivity index (χ4v) is 3.07. The third kappa shape index (κ3) is 3.21. The summed E-state index contributed by atoms with van der Waals surface area (Å²) in [5.74, 6) is 0. The summed E-state index contributed by atoms with van der Waals surface area (Å²) in [5.41, 5.74) is 2.62. The van der Waals surface area contributed by atoms with Gasteiger partial charge in [-0.1, -0.05) is 12.1 Å². The van der Waals surface area contributed by atoms with Gasteiger partial charge in [-0.15, -0.1) is 0 Å². The van der Waals surface area contributed by atoms with Crippen molar-refractivity contribution in [2.45, 2.75) is 59.2 Å². The average molecular weight is 273 g/mol. The molecule has 2 rings (SSSR count). The number of fused-ring (bicyclic) bond motifs is 1. The van der Waals surface area contributed by atoms with Gasteiger partial charge in [0.15, 0.2) is 0 Å². The molecule has 0 radical (unpaired) electrons. The molecule has 2 aromatic rings. The fourth-order valence-electron chi connectivity index (χ4n) is 3.07. The van der Waals surface area contributed by atoms with Crippen LogP contribution in [0.5, 0.6) is 0 Å². The SMILES string of the molecule is CC(C)(C)N(CCn1cnc2ccccc21)C(C)(C)C. The first-order valence-electron chi connectivity index (χ1n) is 7.37. The van der Waals surface area contributed by atoms with Crippen LogP contribution in [0, 0.1) is 0 Å². The molecule has 1 heterocycles. The summed E-state index contributed by atoms with van der Waals surface area (Å²) in [6.45, 7) is 15.7. The molecule has 0 N–H and O–H groups in total. The Hall–Kier alpha value is -1.35. The fraction of sp³-hybridized carbons (Fsp3) is 0.588. The van der Waals surface area contributed by atoms with Crippen molar-refractivity contribution in [1.29, 1.82) is 0 Å². The molecule has 0 amide bonds. The van der Waals surface area contributed by atoms with Crippen LogP contribution in [-0.2, 0) is 6.54 Å². The molecular weight excluding hydrogens is 246 g/mol. The lowest BCUT2D eigenvalue weighted by molar-refractivity contribution is 0.0353. The van der Waals surface area contributed by atoms with Crippen molar-refractivity contribution in [3.63, 3.8) is 0 Å². The largest absolute Gasteiger partial charge is 0.329 e. The van der Waals surface area contributed by atoms with E-state index < -0.39 is 0 Å². The second kappa shape index (κ2) is 5.21. The van der Waals surface area contributed by atoms with Gasteiger partial charge in [-0.2, -0.15) is 0 Å². The van der Waals surface area contributed by atoms with Crippen LogP contribution in [-0.4, -0.2) is 32.1 Å². The predicted molar refractivity (Wildman–Crippen MR) is 85.9 cm³/mol. The average Bonchev–Trinajstić information content (AvgIpc) is 2.69. The van der Waals surface area contributed by atoms with E-state index in [0.29, 0.717) is 0 Å². The van der Waals surface area contributed by atoms with Crippen LogP contribution in [0.1, 0.15) is 41.5 Å². The standard InChI is InChI=1S/C17H27N3/c1-16(2,3)20(17(4,5)6)12-11-19-13-18-14-9-7-8-10-15(14)19/h7-10,13H,11-12H2,1-6H3. The van der Waals surface area contributed by atoms with Crippen molar-refractivity contribution in [2.75, 3.05) is 6.54 Å². The number of hydrogen-bond donors (Lipinski definition) is 0. The lowest BCUT2D eigenvalue weighted by Gasteiger charge is -2.45. The van der Waals surface area contributed by atoms with E-state index in [0.717, 1.165) is 18.6 Å². The molecule has 0 bridgehead atoms. The maximum Gasteiger partial charge on any atom is 0.0958 e. The van der Waals surface area contributed by atoms with Crippen molar-refractivity contribution in [1.82, 2.24) is 14.5 Å². The van der Waals surface area contributed by atoms with Gasteiger partial charge in [0.25, 0.3) is 0 Å². The first-order chi connectivity index (χ1) is 9.19. The van der Waals surface area contributed by atoms with Gasteiger partial charge >= 0.3 is 0 Å². The van der Waals surface area contributed by atoms with Crippen LogP contribution in [0.15, 0.2) is 30.6 Å². The van der Waals surface area contributed by atoms with E-state index in [1.165, 1.54) is 5.52 Å². The molecule has 0 spiro atoms. The van der Waals surface area contributed by atoms with E-state index in [9.17, 15) is 0 Å². The summed E-state index contributed by atoms with van der Waals surface area (Å²) in [7, 11) is 0. The second-order valence-electron chi connectivity index (χ2n) is 7.42. The van der Waals surface area contributed by atoms with Crippen molar-refractivity contribution < 1.29 is 0 Å². The highest BCUT2D eigenvalue weighted by Crippen LogP contribution is 2.24. The number of aromatic nitrogens is 2. The summed E-state index contributed by atoms with van der Waals surface area (Å²) in [6.07, 6.45) is 1.95. The van der Waals surface area contributed by atoms with E-state index in [2.05, 4.69) is 74.2 Å².